The van der Waals surface area contributed by atoms with E-state index in [1.165, 1.54) is 6.20 Å². The number of benzene rings is 2. The lowest BCUT2D eigenvalue weighted by molar-refractivity contribution is 1.22. The second-order valence-corrected chi connectivity index (χ2v) is 5.70. The van der Waals surface area contributed by atoms with E-state index in [1.54, 1.807) is 30.3 Å². The molecule has 3 rings (SSSR count). The number of hydrogen-bond donors (Lipinski definition) is 3. The average molecular weight is 349 g/mol. The van der Waals surface area contributed by atoms with Gasteiger partial charge in [0.2, 0.25) is 0 Å². The van der Waals surface area contributed by atoms with Crippen molar-refractivity contribution in [1.29, 1.82) is 10.7 Å². The van der Waals surface area contributed by atoms with E-state index in [4.69, 9.17) is 33.7 Å². The Morgan fingerprint density at radius 1 is 1.12 bits per heavy atom. The molecule has 5 N–H and O–H groups in total. The summed E-state index contributed by atoms with van der Waals surface area (Å²) in [6, 6.07) is 12.5. The predicted octanol–water partition coefficient (Wildman–Crippen LogP) is 3.50. The highest BCUT2D eigenvalue weighted by Gasteiger charge is 2.15. The maximum atomic E-state index is 9.12. The molecule has 0 unspecified atom stereocenters. The second kappa shape index (κ2) is 6.59. The van der Waals surface area contributed by atoms with Gasteiger partial charge in [0.25, 0.3) is 0 Å². The minimum atomic E-state index is 0.259. The summed E-state index contributed by atoms with van der Waals surface area (Å²) in [6.45, 7) is 0. The van der Waals surface area contributed by atoms with Gasteiger partial charge in [0.05, 0.1) is 39.9 Å². The quantitative estimate of drug-likeness (QED) is 0.493. The summed E-state index contributed by atoms with van der Waals surface area (Å²) in [5.74, 6) is 0.259. The van der Waals surface area contributed by atoms with Crippen LogP contribution in [0.15, 0.2) is 42.6 Å². The molecule has 0 radical (unpaired) electrons. The molecule has 0 saturated carbocycles. The molecule has 122 valence electrons. The zero-order valence-electron chi connectivity index (χ0n) is 13.0. The van der Waals surface area contributed by atoms with Crippen LogP contribution < -0.4 is 11.5 Å². The summed E-state index contributed by atoms with van der Waals surface area (Å²) in [5, 5.41) is 16.9. The Balaban J connectivity index is 2.27. The van der Waals surface area contributed by atoms with Crippen molar-refractivity contribution >= 4 is 29.3 Å². The molecule has 3 aromatic rings. The summed E-state index contributed by atoms with van der Waals surface area (Å²) >= 11 is 6.18. The number of hydrogen-bond acceptors (Lipinski definition) is 6. The van der Waals surface area contributed by atoms with Gasteiger partial charge in [-0.1, -0.05) is 23.7 Å². The van der Waals surface area contributed by atoms with Gasteiger partial charge in [-0.3, -0.25) is 4.98 Å². The summed E-state index contributed by atoms with van der Waals surface area (Å²) in [7, 11) is 0. The first-order valence-corrected chi connectivity index (χ1v) is 7.64. The van der Waals surface area contributed by atoms with E-state index in [0.29, 0.717) is 44.4 Å². The maximum Gasteiger partial charge on any atom is 0.142 e. The fourth-order valence-electron chi connectivity index (χ4n) is 2.45. The third-order valence-corrected chi connectivity index (χ3v) is 3.96. The number of nitriles is 1. The van der Waals surface area contributed by atoms with Crippen molar-refractivity contribution in [3.05, 3.63) is 58.7 Å². The van der Waals surface area contributed by atoms with Gasteiger partial charge in [-0.25, -0.2) is 4.98 Å². The molecular weight excluding hydrogens is 336 g/mol. The standard InChI is InChI=1S/C18H13ClN6/c19-14-6-12(5-13(8-21)16(14)23)17-18(25-15(22)9-24-17)11-3-1-2-10(4-11)7-20/h1-6,8-9,21H,23H2,(H2,22,25). The Labute approximate surface area is 149 Å². The van der Waals surface area contributed by atoms with Crippen molar-refractivity contribution < 1.29 is 0 Å². The highest BCUT2D eigenvalue weighted by molar-refractivity contribution is 6.34. The van der Waals surface area contributed by atoms with E-state index >= 15 is 0 Å². The molecule has 0 atom stereocenters. The van der Waals surface area contributed by atoms with Crippen LogP contribution in [0.1, 0.15) is 11.1 Å². The topological polar surface area (TPSA) is 125 Å². The number of aromatic nitrogens is 2. The van der Waals surface area contributed by atoms with Crippen molar-refractivity contribution in [2.45, 2.75) is 0 Å². The van der Waals surface area contributed by atoms with Crippen molar-refractivity contribution in [2.75, 3.05) is 11.5 Å². The molecule has 0 bridgehead atoms. The molecule has 0 aliphatic carbocycles. The van der Waals surface area contributed by atoms with Gasteiger partial charge in [0, 0.05) is 22.9 Å². The molecular formula is C18H13ClN6. The Morgan fingerprint density at radius 2 is 1.92 bits per heavy atom. The molecule has 0 aliphatic heterocycles. The predicted molar refractivity (Wildman–Crippen MR) is 99.3 cm³/mol. The number of halogens is 1. The van der Waals surface area contributed by atoms with E-state index in [2.05, 4.69) is 16.0 Å². The molecule has 7 heteroatoms. The number of nitrogens with one attached hydrogen (secondary N) is 1. The van der Waals surface area contributed by atoms with Crippen LogP contribution in [0, 0.1) is 16.7 Å². The van der Waals surface area contributed by atoms with Crippen LogP contribution in [-0.4, -0.2) is 16.2 Å². The molecule has 0 aliphatic rings. The largest absolute Gasteiger partial charge is 0.397 e. The van der Waals surface area contributed by atoms with E-state index in [-0.39, 0.29) is 5.82 Å². The van der Waals surface area contributed by atoms with Crippen LogP contribution in [0.2, 0.25) is 5.02 Å². The number of nitrogens with zero attached hydrogens (tertiary/aromatic N) is 3. The average Bonchev–Trinajstić information content (AvgIpc) is 2.64. The van der Waals surface area contributed by atoms with Gasteiger partial charge in [-0.05, 0) is 24.3 Å². The normalized spacial score (nSPS) is 10.2. The number of nitrogens with two attached hydrogens (primary N) is 2. The first-order chi connectivity index (χ1) is 12.0. The number of nitrogen functional groups attached to an aromatic ring is 2. The summed E-state index contributed by atoms with van der Waals surface area (Å²) in [6.07, 6.45) is 2.58. The van der Waals surface area contributed by atoms with Crippen LogP contribution in [0.25, 0.3) is 22.5 Å². The summed E-state index contributed by atoms with van der Waals surface area (Å²) < 4.78 is 0. The van der Waals surface area contributed by atoms with Crippen LogP contribution in [0.4, 0.5) is 11.5 Å². The van der Waals surface area contributed by atoms with Gasteiger partial charge in [-0.2, -0.15) is 5.26 Å². The van der Waals surface area contributed by atoms with Crippen LogP contribution in [-0.2, 0) is 0 Å². The van der Waals surface area contributed by atoms with Gasteiger partial charge < -0.3 is 16.9 Å². The molecule has 0 saturated heterocycles. The molecule has 0 fully saturated rings. The lowest BCUT2D eigenvalue weighted by atomic mass is 10.0. The first kappa shape index (κ1) is 16.4. The molecule has 1 heterocycles. The highest BCUT2D eigenvalue weighted by atomic mass is 35.5. The van der Waals surface area contributed by atoms with Crippen molar-refractivity contribution in [3.63, 3.8) is 0 Å². The van der Waals surface area contributed by atoms with E-state index in [9.17, 15) is 0 Å². The Bertz CT molecular complexity index is 1020. The Hall–Kier alpha value is -3.43. The molecule has 1 aromatic heterocycles. The van der Waals surface area contributed by atoms with Crippen molar-refractivity contribution in [2.24, 2.45) is 0 Å². The fourth-order valence-corrected chi connectivity index (χ4v) is 2.67. The molecule has 0 amide bonds. The summed E-state index contributed by atoms with van der Waals surface area (Å²) in [5.41, 5.74) is 15.4. The minimum Gasteiger partial charge on any atom is -0.397 e. The molecule has 2 aromatic carbocycles. The molecule has 25 heavy (non-hydrogen) atoms. The molecule has 6 nitrogen and oxygen atoms in total. The smallest absolute Gasteiger partial charge is 0.142 e. The zero-order chi connectivity index (χ0) is 18.0. The van der Waals surface area contributed by atoms with E-state index in [0.717, 1.165) is 6.21 Å². The third kappa shape index (κ3) is 3.13. The minimum absolute atomic E-state index is 0.259. The van der Waals surface area contributed by atoms with Crippen LogP contribution >= 0.6 is 11.6 Å². The lowest BCUT2D eigenvalue weighted by Crippen LogP contribution is -2.00. The third-order valence-electron chi connectivity index (χ3n) is 3.65. The van der Waals surface area contributed by atoms with E-state index < -0.39 is 0 Å². The van der Waals surface area contributed by atoms with Crippen LogP contribution in [0.3, 0.4) is 0 Å². The van der Waals surface area contributed by atoms with Crippen molar-refractivity contribution in [3.8, 4) is 28.6 Å². The monoisotopic (exact) mass is 348 g/mol. The zero-order valence-corrected chi connectivity index (χ0v) is 13.7. The van der Waals surface area contributed by atoms with Crippen molar-refractivity contribution in [1.82, 2.24) is 9.97 Å². The Kier molecular flexibility index (Phi) is 4.33. The number of anilines is 2. The number of rotatable bonds is 3. The fraction of sp³-hybridized carbons (Fsp3) is 0. The Morgan fingerprint density at radius 3 is 2.64 bits per heavy atom. The summed E-state index contributed by atoms with van der Waals surface area (Å²) in [4.78, 5) is 8.76. The van der Waals surface area contributed by atoms with Gasteiger partial charge in [0.15, 0.2) is 0 Å². The van der Waals surface area contributed by atoms with Gasteiger partial charge >= 0.3 is 0 Å². The highest BCUT2D eigenvalue weighted by Crippen LogP contribution is 2.34. The first-order valence-electron chi connectivity index (χ1n) is 7.26. The molecule has 0 spiro atoms. The SMILES string of the molecule is N#Cc1cccc(-c2nc(N)cnc2-c2cc(Cl)c(N)c(C=N)c2)c1. The van der Waals surface area contributed by atoms with E-state index in [1.807, 2.05) is 6.07 Å². The van der Waals surface area contributed by atoms with Gasteiger partial charge in [-0.15, -0.1) is 0 Å². The lowest BCUT2D eigenvalue weighted by Gasteiger charge is -2.12. The van der Waals surface area contributed by atoms with Gasteiger partial charge in [0.1, 0.15) is 5.82 Å². The second-order valence-electron chi connectivity index (χ2n) is 5.29. The maximum absolute atomic E-state index is 9.12. The van der Waals surface area contributed by atoms with Crippen LogP contribution in [0.5, 0.6) is 0 Å².